The van der Waals surface area contributed by atoms with Crippen molar-refractivity contribution in [2.24, 2.45) is 0 Å². The first-order valence-electron chi connectivity index (χ1n) is 31.6. The van der Waals surface area contributed by atoms with Crippen LogP contribution in [0.3, 0.4) is 0 Å². The van der Waals surface area contributed by atoms with E-state index in [1.807, 2.05) is 179 Å². The van der Waals surface area contributed by atoms with E-state index in [4.69, 9.17) is 61.7 Å². The quantitative estimate of drug-likeness (QED) is 0.0364. The van der Waals surface area contributed by atoms with Crippen LogP contribution < -0.4 is 67.1 Å². The first kappa shape index (κ1) is 72.9. The number of hydrogen-bond acceptors (Lipinski definition) is 15. The Hall–Kier alpha value is -10.9. The molecule has 0 radical (unpaired) electrons. The minimum absolute atomic E-state index is 0.0776. The zero-order valence-corrected chi connectivity index (χ0v) is 59.4. The van der Waals surface area contributed by atoms with Gasteiger partial charge in [0.25, 0.3) is 0 Å². The third kappa shape index (κ3) is 19.9. The van der Waals surface area contributed by atoms with E-state index in [1.54, 1.807) is 52.2 Å². The number of methoxy groups -OCH3 is 1. The number of para-hydroxylation sites is 2. The Morgan fingerprint density at radius 1 is 0.398 bits per heavy atom. The second-order valence-corrected chi connectivity index (χ2v) is 27.2. The molecule has 0 spiro atoms. The largest absolute Gasteiger partial charge is 0.495 e. The molecule has 1 aliphatic carbocycles. The average Bonchev–Trinajstić information content (AvgIpc) is 0.781. The fourth-order valence-corrected chi connectivity index (χ4v) is 13.8. The molecule has 13 nitrogen and oxygen atoms in total. The van der Waals surface area contributed by atoms with Crippen molar-refractivity contribution in [3.8, 4) is 60.8 Å². The number of benzene rings is 12. The van der Waals surface area contributed by atoms with Crippen LogP contribution in [-0.2, 0) is 6.61 Å². The molecule has 0 atom stereocenters. The molecule has 13 rings (SSSR count). The van der Waals surface area contributed by atoms with Gasteiger partial charge in [-0.1, -0.05) is 118 Å². The number of nitrogens with two attached hydrogens (primary N) is 10. The molecule has 0 saturated carbocycles. The Morgan fingerprint density at radius 3 is 1.34 bits per heavy atom. The molecule has 98 heavy (non-hydrogen) atoms. The smallest absolute Gasteiger partial charge is 0.198 e. The van der Waals surface area contributed by atoms with Gasteiger partial charge >= 0.3 is 0 Å². The lowest BCUT2D eigenvalue weighted by Gasteiger charge is -2.12. The lowest BCUT2D eigenvalue weighted by Crippen LogP contribution is -2.44. The highest BCUT2D eigenvalue weighted by molar-refractivity contribution is 8.76. The van der Waals surface area contributed by atoms with Gasteiger partial charge in [-0.2, -0.15) is 0 Å². The van der Waals surface area contributed by atoms with Crippen molar-refractivity contribution >= 4 is 94.3 Å². The predicted octanol–water partition coefficient (Wildman–Crippen LogP) is 17.2. The molecule has 11 aromatic rings. The first-order chi connectivity index (χ1) is 46.9. The van der Waals surface area contributed by atoms with E-state index in [0.29, 0.717) is 22.7 Å². The summed E-state index contributed by atoms with van der Waals surface area (Å²) in [4.78, 5) is 7.88. The molecule has 2 aliphatic rings. The van der Waals surface area contributed by atoms with E-state index in [0.717, 1.165) is 116 Å². The molecule has 21 N–H and O–H groups in total. The van der Waals surface area contributed by atoms with Gasteiger partial charge in [-0.05, 0) is 266 Å². The molecule has 1 heterocycles. The van der Waals surface area contributed by atoms with Crippen LogP contribution in [0, 0.1) is 55.4 Å². The van der Waals surface area contributed by atoms with Crippen LogP contribution in [0.1, 0.15) is 50.1 Å². The Kier molecular flexibility index (Phi) is 25.4. The molecule has 11 aromatic carbocycles. The number of aryl methyl sites for hydroxylation is 8. The summed E-state index contributed by atoms with van der Waals surface area (Å²) >= 11 is 1.74. The van der Waals surface area contributed by atoms with E-state index in [9.17, 15) is 5.11 Å². The third-order valence-electron chi connectivity index (χ3n) is 16.1. The number of nitrogen functional groups attached to an aromatic ring is 9. The summed E-state index contributed by atoms with van der Waals surface area (Å²) in [6, 6.07) is 75.6. The highest BCUT2D eigenvalue weighted by Crippen LogP contribution is 2.42. The van der Waals surface area contributed by atoms with Gasteiger partial charge in [-0.25, -0.2) is 4.98 Å². The Morgan fingerprint density at radius 2 is 0.847 bits per heavy atom. The molecule has 500 valence electrons. The van der Waals surface area contributed by atoms with E-state index >= 15 is 0 Å². The summed E-state index contributed by atoms with van der Waals surface area (Å²) in [5.74, 6) is 0.634. The Labute approximate surface area is 588 Å². The molecule has 0 bridgehead atoms. The summed E-state index contributed by atoms with van der Waals surface area (Å²) in [5, 5.41) is 15.8. The van der Waals surface area contributed by atoms with E-state index in [2.05, 4.69) is 99.4 Å². The van der Waals surface area contributed by atoms with Crippen LogP contribution in [-0.4, -0.2) is 17.2 Å². The maximum atomic E-state index is 9.21. The fraction of sp³-hybridized carbons (Fsp3) is 0.122. The number of nitrogens with zero attached hydrogens (tertiary/aromatic N) is 1. The minimum atomic E-state index is -0.0776. The second-order valence-electron chi connectivity index (χ2n) is 23.9. The van der Waals surface area contributed by atoms with Gasteiger partial charge in [0.1, 0.15) is 5.75 Å². The van der Waals surface area contributed by atoms with Gasteiger partial charge in [0, 0.05) is 73.0 Å². The van der Waals surface area contributed by atoms with Gasteiger partial charge in [0.15, 0.2) is 5.36 Å². The molecular formula is C82H88N11O2S3+. The van der Waals surface area contributed by atoms with E-state index in [-0.39, 0.29) is 6.61 Å². The fourth-order valence-electron chi connectivity index (χ4n) is 10.5. The van der Waals surface area contributed by atoms with E-state index in [1.165, 1.54) is 49.2 Å². The Bertz CT molecular complexity index is 4610. The van der Waals surface area contributed by atoms with Gasteiger partial charge in [-0.15, -0.1) is 11.3 Å². The van der Waals surface area contributed by atoms with Crippen LogP contribution in [0.15, 0.2) is 240 Å². The number of aliphatic hydroxyl groups excluding tert-OH is 1. The lowest BCUT2D eigenvalue weighted by molar-refractivity contribution is -0.172. The standard InChI is InChI=1S/C16H20N2.C15H17N.C14H16N2O2.C13H10N2S.C12H12N2S2.C12H12N2/c1-9-5-13(6-10(2)15(9)17)14-7-11(3)16(18)12(4)8-14;1-10-4-6-14(11(2)8-10)15-7-5-13(16)9-12(15)3;1-18-14-7-10(3-5-13(14)16)9-2-4-12(15)11(6-9)8-17;1-8-2-4-10-12(6-8)16-13-7-9(14)3-5-11(13)15-10;13-9-5-1-3-7-11(9)15-16-12-8-4-2-6-10(12)14;13-11-5-1-9(2-6-11)10-3-7-12(14)8-4-10/h5-8H,17-18H2,1-4H3;4-9H,16H2,1-3H3;2-7,17H,8,15-16H2,1H3;2-7,14H,1H3;1-8H,13-14H2;1-8H,13-14H2/p+1. The van der Waals surface area contributed by atoms with Crippen molar-refractivity contribution < 1.29 is 15.3 Å². The number of rotatable bonds is 9. The molecule has 0 unspecified atom stereocenters. The van der Waals surface area contributed by atoms with Crippen LogP contribution in [0.5, 0.6) is 5.75 Å². The molecular weight excluding hydrogens is 1270 g/mol. The summed E-state index contributed by atoms with van der Waals surface area (Å²) in [6.45, 7) is 16.6. The summed E-state index contributed by atoms with van der Waals surface area (Å²) in [7, 11) is 4.83. The highest BCUT2D eigenvalue weighted by atomic mass is 33.1. The van der Waals surface area contributed by atoms with Gasteiger partial charge in [-0.3, -0.25) is 5.41 Å². The van der Waals surface area contributed by atoms with Crippen molar-refractivity contribution in [3.05, 3.63) is 286 Å². The molecule has 0 saturated heterocycles. The predicted molar refractivity (Wildman–Crippen MR) is 423 cm³/mol. The first-order valence-corrected chi connectivity index (χ1v) is 34.6. The number of hydrogen-bond donors (Lipinski definition) is 11. The van der Waals surface area contributed by atoms with Crippen LogP contribution >= 0.6 is 32.9 Å². The number of anilines is 9. The zero-order chi connectivity index (χ0) is 70.7. The van der Waals surface area contributed by atoms with Crippen molar-refractivity contribution in [3.63, 3.8) is 0 Å². The zero-order valence-electron chi connectivity index (χ0n) is 56.9. The summed E-state index contributed by atoms with van der Waals surface area (Å²) in [5.41, 5.74) is 80.7. The maximum Gasteiger partial charge on any atom is 0.198 e. The third-order valence-corrected chi connectivity index (χ3v) is 19.7. The molecule has 0 fully saturated rings. The summed E-state index contributed by atoms with van der Waals surface area (Å²) in [6.07, 6.45) is 0. The number of ether oxygens (including phenoxy) is 1. The van der Waals surface area contributed by atoms with Crippen LogP contribution in [0.4, 0.5) is 51.2 Å². The molecule has 16 heteroatoms. The summed E-state index contributed by atoms with van der Waals surface area (Å²) < 4.78 is 6.39. The van der Waals surface area contributed by atoms with Gasteiger partial charge in [0.05, 0.1) is 40.2 Å². The molecule has 0 amide bonds. The topological polar surface area (TPSA) is 302 Å². The lowest BCUT2D eigenvalue weighted by atomic mass is 9.95. The van der Waals surface area contributed by atoms with Crippen molar-refractivity contribution in [2.75, 3.05) is 58.7 Å². The van der Waals surface area contributed by atoms with Crippen molar-refractivity contribution in [1.82, 2.24) is 4.98 Å². The average molecular weight is 1360 g/mol. The molecule has 1 aliphatic heterocycles. The van der Waals surface area contributed by atoms with Crippen molar-refractivity contribution in [2.45, 2.75) is 71.8 Å². The van der Waals surface area contributed by atoms with Gasteiger partial charge < -0.3 is 61.4 Å². The highest BCUT2D eigenvalue weighted by Gasteiger charge is 2.12. The normalized spacial score (nSPS) is 10.5. The minimum Gasteiger partial charge on any atom is -0.495 e. The number of fused-ring (bicyclic) bond motifs is 2. The van der Waals surface area contributed by atoms with Crippen molar-refractivity contribution in [1.29, 1.82) is 0 Å². The maximum absolute atomic E-state index is 9.21. The van der Waals surface area contributed by atoms with Crippen LogP contribution in [0.25, 0.3) is 65.3 Å². The van der Waals surface area contributed by atoms with Gasteiger partial charge in [0.2, 0.25) is 0 Å². The number of aromatic nitrogens is 1. The Balaban J connectivity index is 0.000000150. The van der Waals surface area contributed by atoms with E-state index < -0.39 is 0 Å². The SMILES string of the molecule is COc1cc(-c2ccc(N)c(CO)c2)ccc1N.Cc1cc(-c2cc(C)c(N)c(C)c2)cc(C)c1N.Cc1ccc(-c2ccc(N)cc2C)c(C)c1.Cc1ccc2nc3ccc(=[NH2+])cc-3sc2c1.Nc1ccc(-c2ccc(N)cc2)cc1.Nc1ccccc1SSc1ccccc1N. The molecule has 0 aromatic heterocycles. The number of aliphatic hydroxyl groups is 1. The van der Waals surface area contributed by atoms with Crippen LogP contribution in [0.2, 0.25) is 0 Å². The monoisotopic (exact) mass is 1350 g/mol. The second kappa shape index (κ2) is 34.2.